The summed E-state index contributed by atoms with van der Waals surface area (Å²) in [5.41, 5.74) is 0.474. The Morgan fingerprint density at radius 1 is 1.35 bits per heavy atom. The molecular weight excluding hydrogens is 312 g/mol. The summed E-state index contributed by atoms with van der Waals surface area (Å²) in [7, 11) is 1.65. The van der Waals surface area contributed by atoms with Gasteiger partial charge in [0.1, 0.15) is 5.69 Å². The molecule has 0 aromatic carbocycles. The van der Waals surface area contributed by atoms with Crippen LogP contribution in [0.1, 0.15) is 49.1 Å². The van der Waals surface area contributed by atoms with Crippen LogP contribution in [0.15, 0.2) is 5.38 Å². The molecule has 7 heteroatoms. The summed E-state index contributed by atoms with van der Waals surface area (Å²) in [6.07, 6.45) is 1.72. The van der Waals surface area contributed by atoms with Gasteiger partial charge < -0.3 is 10.6 Å². The average Bonchev–Trinajstić information content (AvgIpc) is 2.99. The van der Waals surface area contributed by atoms with Crippen LogP contribution in [0.4, 0.5) is 0 Å². The van der Waals surface area contributed by atoms with Gasteiger partial charge >= 0.3 is 0 Å². The van der Waals surface area contributed by atoms with E-state index in [0.717, 1.165) is 30.9 Å². The Bertz CT molecular complexity index is 557. The van der Waals surface area contributed by atoms with Crippen molar-refractivity contribution in [3.8, 4) is 0 Å². The molecular formula is C16H26N4O2S. The van der Waals surface area contributed by atoms with E-state index in [1.54, 1.807) is 7.05 Å². The number of carbonyl (C=O) groups excluding carboxylic acids is 2. The summed E-state index contributed by atoms with van der Waals surface area (Å²) >= 11 is 1.53. The number of nitrogens with one attached hydrogen (secondary N) is 2. The molecule has 0 unspecified atom stereocenters. The largest absolute Gasteiger partial charge is 0.358 e. The number of likely N-dealkylation sites (tertiary alicyclic amines) is 1. The summed E-state index contributed by atoms with van der Waals surface area (Å²) in [6, 6.07) is 0.156. The van der Waals surface area contributed by atoms with Gasteiger partial charge in [-0.15, -0.1) is 11.3 Å². The summed E-state index contributed by atoms with van der Waals surface area (Å²) in [4.78, 5) is 30.3. The van der Waals surface area contributed by atoms with E-state index in [2.05, 4.69) is 41.3 Å². The van der Waals surface area contributed by atoms with Crippen LogP contribution in [-0.4, -0.2) is 54.4 Å². The molecule has 23 heavy (non-hydrogen) atoms. The van der Waals surface area contributed by atoms with Crippen LogP contribution < -0.4 is 10.6 Å². The fourth-order valence-electron chi connectivity index (χ4n) is 2.50. The standard InChI is InChI=1S/C16H26N4O2S/c1-16(2,3)15-19-12(10-23-15)14(22)18-11-5-7-20(8-6-11)9-13(21)17-4/h10-11H,5-9H2,1-4H3,(H,17,21)(H,18,22). The molecule has 0 saturated carbocycles. The van der Waals surface area contributed by atoms with E-state index in [4.69, 9.17) is 0 Å². The van der Waals surface area contributed by atoms with Gasteiger partial charge in [0, 0.05) is 37.0 Å². The molecule has 2 N–H and O–H groups in total. The van der Waals surface area contributed by atoms with Crippen LogP contribution in [0.25, 0.3) is 0 Å². The smallest absolute Gasteiger partial charge is 0.270 e. The topological polar surface area (TPSA) is 74.3 Å². The highest BCUT2D eigenvalue weighted by Gasteiger charge is 2.24. The first-order valence-electron chi connectivity index (χ1n) is 7.99. The number of hydrogen-bond donors (Lipinski definition) is 2. The Kier molecular flexibility index (Phi) is 5.75. The van der Waals surface area contributed by atoms with Crippen molar-refractivity contribution in [1.29, 1.82) is 0 Å². The third kappa shape index (κ3) is 5.00. The minimum Gasteiger partial charge on any atom is -0.358 e. The van der Waals surface area contributed by atoms with Crippen LogP contribution in [0.5, 0.6) is 0 Å². The van der Waals surface area contributed by atoms with Gasteiger partial charge in [-0.1, -0.05) is 20.8 Å². The second-order valence-corrected chi connectivity index (χ2v) is 7.84. The van der Waals surface area contributed by atoms with Gasteiger partial charge in [0.05, 0.1) is 11.6 Å². The normalized spacial score (nSPS) is 17.0. The molecule has 1 aliphatic rings. The Hall–Kier alpha value is -1.47. The lowest BCUT2D eigenvalue weighted by molar-refractivity contribution is -0.122. The van der Waals surface area contributed by atoms with Gasteiger partial charge in [0.15, 0.2) is 0 Å². The maximum Gasteiger partial charge on any atom is 0.270 e. The maximum atomic E-state index is 12.3. The van der Waals surface area contributed by atoms with Crippen molar-refractivity contribution < 1.29 is 9.59 Å². The Labute approximate surface area is 141 Å². The first kappa shape index (κ1) is 17.9. The second kappa shape index (κ2) is 7.40. The van der Waals surface area contributed by atoms with Crippen molar-refractivity contribution in [2.75, 3.05) is 26.7 Å². The molecule has 1 aromatic rings. The minimum atomic E-state index is -0.0958. The highest BCUT2D eigenvalue weighted by atomic mass is 32.1. The van der Waals surface area contributed by atoms with Crippen LogP contribution >= 0.6 is 11.3 Å². The molecule has 1 saturated heterocycles. The van der Waals surface area contributed by atoms with Crippen molar-refractivity contribution in [1.82, 2.24) is 20.5 Å². The van der Waals surface area contributed by atoms with Gasteiger partial charge in [-0.3, -0.25) is 14.5 Å². The lowest BCUT2D eigenvalue weighted by Crippen LogP contribution is -2.47. The molecule has 2 amide bonds. The van der Waals surface area contributed by atoms with E-state index in [0.29, 0.717) is 12.2 Å². The molecule has 6 nitrogen and oxygen atoms in total. The van der Waals surface area contributed by atoms with Crippen molar-refractivity contribution >= 4 is 23.2 Å². The average molecular weight is 338 g/mol. The van der Waals surface area contributed by atoms with E-state index in [1.165, 1.54) is 11.3 Å². The zero-order chi connectivity index (χ0) is 17.0. The van der Waals surface area contributed by atoms with Gasteiger partial charge in [-0.05, 0) is 12.8 Å². The number of amides is 2. The van der Waals surface area contributed by atoms with Gasteiger partial charge in [-0.2, -0.15) is 0 Å². The van der Waals surface area contributed by atoms with Crippen LogP contribution in [0.3, 0.4) is 0 Å². The van der Waals surface area contributed by atoms with Crippen molar-refractivity contribution in [2.24, 2.45) is 0 Å². The highest BCUT2D eigenvalue weighted by Crippen LogP contribution is 2.25. The number of nitrogens with zero attached hydrogens (tertiary/aromatic N) is 2. The Morgan fingerprint density at radius 3 is 2.52 bits per heavy atom. The van der Waals surface area contributed by atoms with Gasteiger partial charge in [0.2, 0.25) is 5.91 Å². The van der Waals surface area contributed by atoms with E-state index in [-0.39, 0.29) is 23.3 Å². The number of hydrogen-bond acceptors (Lipinski definition) is 5. The number of aromatic nitrogens is 1. The first-order valence-corrected chi connectivity index (χ1v) is 8.87. The lowest BCUT2D eigenvalue weighted by Gasteiger charge is -2.31. The summed E-state index contributed by atoms with van der Waals surface area (Å²) in [5.74, 6) is -0.0637. The molecule has 0 radical (unpaired) electrons. The van der Waals surface area contributed by atoms with Crippen molar-refractivity contribution in [3.63, 3.8) is 0 Å². The highest BCUT2D eigenvalue weighted by molar-refractivity contribution is 7.10. The second-order valence-electron chi connectivity index (χ2n) is 6.98. The third-order valence-electron chi connectivity index (χ3n) is 3.95. The number of thiazole rings is 1. The predicted octanol–water partition coefficient (Wildman–Crippen LogP) is 1.38. The zero-order valence-corrected chi connectivity index (χ0v) is 15.1. The summed E-state index contributed by atoms with van der Waals surface area (Å²) in [5, 5.41) is 8.50. The van der Waals surface area contributed by atoms with E-state index >= 15 is 0 Å². The van der Waals surface area contributed by atoms with E-state index in [9.17, 15) is 9.59 Å². The predicted molar refractivity (Wildman–Crippen MR) is 91.8 cm³/mol. The summed E-state index contributed by atoms with van der Waals surface area (Å²) in [6.45, 7) is 8.35. The van der Waals surface area contributed by atoms with Crippen LogP contribution in [0, 0.1) is 0 Å². The number of rotatable bonds is 4. The molecule has 2 heterocycles. The molecule has 2 rings (SSSR count). The van der Waals surface area contributed by atoms with E-state index < -0.39 is 0 Å². The van der Waals surface area contributed by atoms with Crippen molar-refractivity contribution in [2.45, 2.75) is 45.1 Å². The van der Waals surface area contributed by atoms with E-state index in [1.807, 2.05) is 5.38 Å². The molecule has 1 fully saturated rings. The quantitative estimate of drug-likeness (QED) is 0.870. The lowest BCUT2D eigenvalue weighted by atomic mass is 9.98. The third-order valence-corrected chi connectivity index (χ3v) is 5.22. The maximum absolute atomic E-state index is 12.3. The Morgan fingerprint density at radius 2 is 2.00 bits per heavy atom. The van der Waals surface area contributed by atoms with Crippen molar-refractivity contribution in [3.05, 3.63) is 16.1 Å². The molecule has 1 aliphatic heterocycles. The molecule has 0 spiro atoms. The molecule has 1 aromatic heterocycles. The minimum absolute atomic E-state index is 0.0321. The first-order chi connectivity index (χ1) is 10.8. The van der Waals surface area contributed by atoms with Crippen LogP contribution in [-0.2, 0) is 10.2 Å². The van der Waals surface area contributed by atoms with Crippen LogP contribution in [0.2, 0.25) is 0 Å². The summed E-state index contributed by atoms with van der Waals surface area (Å²) < 4.78 is 0. The molecule has 128 valence electrons. The number of carbonyl (C=O) groups is 2. The molecule has 0 atom stereocenters. The molecule has 0 aliphatic carbocycles. The SMILES string of the molecule is CNC(=O)CN1CCC(NC(=O)c2csc(C(C)(C)C)n2)CC1. The monoisotopic (exact) mass is 338 g/mol. The zero-order valence-electron chi connectivity index (χ0n) is 14.3. The van der Waals surface area contributed by atoms with Gasteiger partial charge in [0.25, 0.3) is 5.91 Å². The Balaban J connectivity index is 1.83. The fourth-order valence-corrected chi connectivity index (χ4v) is 3.39. The number of likely N-dealkylation sites (N-methyl/N-ethyl adjacent to an activating group) is 1. The van der Waals surface area contributed by atoms with Gasteiger partial charge in [-0.25, -0.2) is 4.98 Å². The fraction of sp³-hybridized carbons (Fsp3) is 0.688. The molecule has 0 bridgehead atoms. The number of piperidine rings is 1.